The smallest absolute Gasteiger partial charge is 0.306 e. The molecule has 0 amide bonds. The van der Waals surface area contributed by atoms with E-state index in [1.165, 1.54) is 148 Å². The van der Waals surface area contributed by atoms with Crippen molar-refractivity contribution in [3.63, 3.8) is 0 Å². The van der Waals surface area contributed by atoms with E-state index in [0.29, 0.717) is 19.4 Å². The first-order chi connectivity index (χ1) is 28.6. The Kier molecular flexibility index (Phi) is 47.4. The highest BCUT2D eigenvalue weighted by atomic mass is 16.6. The number of unbranched alkanes of at least 4 members (excludes halogenated alkanes) is 27. The molecule has 1 unspecified atom stereocenters. The van der Waals surface area contributed by atoms with E-state index in [1.807, 2.05) is 0 Å². The third kappa shape index (κ3) is 46.5. The lowest BCUT2D eigenvalue weighted by atomic mass is 10.0. The van der Waals surface area contributed by atoms with Gasteiger partial charge in [0.1, 0.15) is 6.61 Å². The molecule has 0 aromatic carbocycles. The number of ether oxygens (including phenoxy) is 3. The Bertz CT molecular complexity index is 966. The van der Waals surface area contributed by atoms with E-state index < -0.39 is 6.10 Å². The predicted molar refractivity (Wildman–Crippen MR) is 251 cm³/mol. The van der Waals surface area contributed by atoms with E-state index in [-0.39, 0.29) is 25.2 Å². The first kappa shape index (κ1) is 55.9. The number of allylic oxidation sites excluding steroid dienone is 8. The summed E-state index contributed by atoms with van der Waals surface area (Å²) in [5.41, 5.74) is 0. The quantitative estimate of drug-likeness (QED) is 0.0348. The largest absolute Gasteiger partial charge is 0.462 e. The van der Waals surface area contributed by atoms with Crippen LogP contribution in [0.15, 0.2) is 48.6 Å². The summed E-state index contributed by atoms with van der Waals surface area (Å²) in [6.45, 7) is 7.70. The molecule has 0 bridgehead atoms. The Hall–Kier alpha value is -2.14. The average molecular weight is 813 g/mol. The third-order valence-corrected chi connectivity index (χ3v) is 10.9. The summed E-state index contributed by atoms with van der Waals surface area (Å²) < 4.78 is 17.3. The first-order valence-corrected chi connectivity index (χ1v) is 25.2. The molecule has 1 atom stereocenters. The molecule has 0 spiro atoms. The van der Waals surface area contributed by atoms with Crippen molar-refractivity contribution in [1.29, 1.82) is 0 Å². The number of rotatable bonds is 46. The fraction of sp³-hybridized carbons (Fsp3) is 0.811. The lowest BCUT2D eigenvalue weighted by Crippen LogP contribution is -2.30. The minimum absolute atomic E-state index is 0.0681. The maximum Gasteiger partial charge on any atom is 0.306 e. The van der Waals surface area contributed by atoms with Gasteiger partial charge in [0.15, 0.2) is 6.10 Å². The van der Waals surface area contributed by atoms with Crippen molar-refractivity contribution in [3.05, 3.63) is 48.6 Å². The SMILES string of the molecule is CC/C=C\C/C=C\C/C=C\C/C=C\CCCCC(=O)OCC(COCCCCCCCCCCCCCCCCCC)OC(=O)CCCCCCCCCCCCC. The maximum atomic E-state index is 12.7. The molecule has 0 radical (unpaired) electrons. The molecule has 0 aliphatic rings. The van der Waals surface area contributed by atoms with Crippen LogP contribution in [0.25, 0.3) is 0 Å². The molecule has 0 heterocycles. The maximum absolute atomic E-state index is 12.7. The molecule has 0 aromatic heterocycles. The van der Waals surface area contributed by atoms with Gasteiger partial charge >= 0.3 is 11.9 Å². The van der Waals surface area contributed by atoms with Gasteiger partial charge < -0.3 is 14.2 Å². The fourth-order valence-electron chi connectivity index (χ4n) is 7.15. The Morgan fingerprint density at radius 3 is 1.24 bits per heavy atom. The molecular formula is C53H96O5. The first-order valence-electron chi connectivity index (χ1n) is 25.2. The molecule has 0 saturated heterocycles. The lowest BCUT2D eigenvalue weighted by molar-refractivity contribution is -0.163. The standard InChI is InChI=1S/C53H96O5/c1-4-7-10-13-16-19-22-24-26-28-30-33-36-39-42-45-48-56-49-51(58-53(55)47-44-41-38-35-31-21-18-15-12-9-6-3)50-57-52(54)46-43-40-37-34-32-29-27-25-23-20-17-14-11-8-5-2/h8,11,17,20,25,27,32,34,51H,4-7,9-10,12-16,18-19,21-24,26,28-31,33,35-50H2,1-3H3/b11-8-,20-17-,27-25-,34-32-. The molecular weight excluding hydrogens is 717 g/mol. The average Bonchev–Trinajstić information content (AvgIpc) is 3.22. The topological polar surface area (TPSA) is 61.8 Å². The summed E-state index contributed by atoms with van der Waals surface area (Å²) in [7, 11) is 0. The van der Waals surface area contributed by atoms with E-state index >= 15 is 0 Å². The molecule has 5 nitrogen and oxygen atoms in total. The van der Waals surface area contributed by atoms with Gasteiger partial charge in [0.25, 0.3) is 0 Å². The number of hydrogen-bond donors (Lipinski definition) is 0. The molecule has 0 N–H and O–H groups in total. The summed E-state index contributed by atoms with van der Waals surface area (Å²) in [4.78, 5) is 25.3. The van der Waals surface area contributed by atoms with Gasteiger partial charge in [0.2, 0.25) is 0 Å². The highest BCUT2D eigenvalue weighted by molar-refractivity contribution is 5.70. The van der Waals surface area contributed by atoms with Crippen LogP contribution < -0.4 is 0 Å². The number of hydrogen-bond acceptors (Lipinski definition) is 5. The van der Waals surface area contributed by atoms with Crippen molar-refractivity contribution in [3.8, 4) is 0 Å². The molecule has 0 aliphatic heterocycles. The van der Waals surface area contributed by atoms with E-state index in [1.54, 1.807) is 0 Å². The van der Waals surface area contributed by atoms with E-state index in [2.05, 4.69) is 69.4 Å². The van der Waals surface area contributed by atoms with Gasteiger partial charge in [-0.3, -0.25) is 9.59 Å². The van der Waals surface area contributed by atoms with Gasteiger partial charge in [-0.25, -0.2) is 0 Å². The molecule has 0 aliphatic carbocycles. The molecule has 0 aromatic rings. The zero-order valence-electron chi connectivity index (χ0n) is 38.8. The second-order valence-corrected chi connectivity index (χ2v) is 16.7. The van der Waals surface area contributed by atoms with Crippen LogP contribution in [-0.2, 0) is 23.8 Å². The van der Waals surface area contributed by atoms with Crippen LogP contribution in [0.1, 0.15) is 252 Å². The van der Waals surface area contributed by atoms with Crippen molar-refractivity contribution in [2.45, 2.75) is 258 Å². The summed E-state index contributed by atoms with van der Waals surface area (Å²) >= 11 is 0. The minimum atomic E-state index is -0.547. The van der Waals surface area contributed by atoms with Crippen LogP contribution in [0.2, 0.25) is 0 Å². The van der Waals surface area contributed by atoms with Crippen molar-refractivity contribution in [2.24, 2.45) is 0 Å². The van der Waals surface area contributed by atoms with Crippen LogP contribution >= 0.6 is 0 Å². The minimum Gasteiger partial charge on any atom is -0.462 e. The highest BCUT2D eigenvalue weighted by Crippen LogP contribution is 2.15. The molecule has 0 saturated carbocycles. The van der Waals surface area contributed by atoms with Crippen LogP contribution in [0, 0.1) is 0 Å². The van der Waals surface area contributed by atoms with Crippen LogP contribution in [-0.4, -0.2) is 37.9 Å². The molecule has 0 rings (SSSR count). The van der Waals surface area contributed by atoms with Crippen LogP contribution in [0.5, 0.6) is 0 Å². The molecule has 58 heavy (non-hydrogen) atoms. The van der Waals surface area contributed by atoms with Crippen molar-refractivity contribution < 1.29 is 23.8 Å². The second kappa shape index (κ2) is 49.2. The van der Waals surface area contributed by atoms with E-state index in [0.717, 1.165) is 70.6 Å². The van der Waals surface area contributed by atoms with E-state index in [9.17, 15) is 9.59 Å². The lowest BCUT2D eigenvalue weighted by Gasteiger charge is -2.18. The number of carbonyl (C=O) groups excluding carboxylic acids is 2. The van der Waals surface area contributed by atoms with Gasteiger partial charge in [0, 0.05) is 19.4 Å². The van der Waals surface area contributed by atoms with Gasteiger partial charge in [-0.05, 0) is 57.8 Å². The summed E-state index contributed by atoms with van der Waals surface area (Å²) in [6, 6.07) is 0. The van der Waals surface area contributed by atoms with Crippen molar-refractivity contribution in [1.82, 2.24) is 0 Å². The Morgan fingerprint density at radius 2 is 0.776 bits per heavy atom. The second-order valence-electron chi connectivity index (χ2n) is 16.7. The normalized spacial score (nSPS) is 12.5. The van der Waals surface area contributed by atoms with Crippen molar-refractivity contribution in [2.75, 3.05) is 19.8 Å². The Labute approximate surface area is 361 Å². The monoisotopic (exact) mass is 813 g/mol. The zero-order valence-corrected chi connectivity index (χ0v) is 38.8. The zero-order chi connectivity index (χ0) is 42.1. The van der Waals surface area contributed by atoms with Gasteiger partial charge in [-0.15, -0.1) is 0 Å². The predicted octanol–water partition coefficient (Wildman–Crippen LogP) is 16.8. The highest BCUT2D eigenvalue weighted by Gasteiger charge is 2.17. The summed E-state index contributed by atoms with van der Waals surface area (Å²) in [6.07, 6.45) is 59.8. The molecule has 0 fully saturated rings. The van der Waals surface area contributed by atoms with Gasteiger partial charge in [0.05, 0.1) is 6.61 Å². The van der Waals surface area contributed by atoms with Gasteiger partial charge in [-0.1, -0.05) is 230 Å². The summed E-state index contributed by atoms with van der Waals surface area (Å²) in [5, 5.41) is 0. The van der Waals surface area contributed by atoms with E-state index in [4.69, 9.17) is 14.2 Å². The van der Waals surface area contributed by atoms with Gasteiger partial charge in [-0.2, -0.15) is 0 Å². The Balaban J connectivity index is 4.27. The Morgan fingerprint density at radius 1 is 0.397 bits per heavy atom. The fourth-order valence-corrected chi connectivity index (χ4v) is 7.15. The molecule has 338 valence electrons. The van der Waals surface area contributed by atoms with Crippen LogP contribution in [0.4, 0.5) is 0 Å². The summed E-state index contributed by atoms with van der Waals surface area (Å²) in [5.74, 6) is -0.435. The van der Waals surface area contributed by atoms with Crippen molar-refractivity contribution >= 4 is 11.9 Å². The number of esters is 2. The molecule has 5 heteroatoms. The number of carbonyl (C=O) groups is 2. The third-order valence-electron chi connectivity index (χ3n) is 10.9. The van der Waals surface area contributed by atoms with Crippen LogP contribution in [0.3, 0.4) is 0 Å².